The minimum absolute atomic E-state index is 0.122. The molecular weight excluding hydrogens is 244 g/mol. The van der Waals surface area contributed by atoms with Crippen LogP contribution in [0.25, 0.3) is 0 Å². The number of piperidine rings is 1. The molecule has 0 amide bonds. The van der Waals surface area contributed by atoms with Gasteiger partial charge < -0.3 is 10.1 Å². The first-order valence-electron chi connectivity index (χ1n) is 6.77. The molecule has 1 aromatic carbocycles. The van der Waals surface area contributed by atoms with Gasteiger partial charge in [0, 0.05) is 18.7 Å². The Morgan fingerprint density at radius 1 is 1.37 bits per heavy atom. The molecule has 5 nitrogen and oxygen atoms in total. The van der Waals surface area contributed by atoms with E-state index in [9.17, 15) is 10.1 Å². The molecule has 0 radical (unpaired) electrons. The Balaban J connectivity index is 1.66. The van der Waals surface area contributed by atoms with Crippen LogP contribution in [0, 0.1) is 16.0 Å². The van der Waals surface area contributed by atoms with Gasteiger partial charge in [-0.1, -0.05) is 0 Å². The first kappa shape index (κ1) is 14.0. The molecule has 1 aliphatic heterocycles. The molecule has 1 heterocycles. The summed E-state index contributed by atoms with van der Waals surface area (Å²) < 4.78 is 5.63. The van der Waals surface area contributed by atoms with Crippen LogP contribution in [-0.4, -0.2) is 24.6 Å². The van der Waals surface area contributed by atoms with Crippen LogP contribution in [0.1, 0.15) is 24.8 Å². The number of nitrogens with one attached hydrogen (secondary N) is 1. The Morgan fingerprint density at radius 3 is 2.79 bits per heavy atom. The highest BCUT2D eigenvalue weighted by Crippen LogP contribution is 2.15. The highest BCUT2D eigenvalue weighted by atomic mass is 16.6. The fraction of sp³-hybridized carbons (Fsp3) is 0.571. The second-order valence-electron chi connectivity index (χ2n) is 4.98. The van der Waals surface area contributed by atoms with Crippen molar-refractivity contribution in [3.63, 3.8) is 0 Å². The van der Waals surface area contributed by atoms with Crippen LogP contribution < -0.4 is 5.32 Å². The molecule has 1 atom stereocenters. The maximum Gasteiger partial charge on any atom is 0.269 e. The van der Waals surface area contributed by atoms with E-state index in [0.717, 1.165) is 37.6 Å². The molecule has 19 heavy (non-hydrogen) atoms. The summed E-state index contributed by atoms with van der Waals surface area (Å²) in [6.45, 7) is 3.52. The topological polar surface area (TPSA) is 64.4 Å². The van der Waals surface area contributed by atoms with Crippen LogP contribution >= 0.6 is 0 Å². The molecule has 1 fully saturated rings. The predicted molar refractivity (Wildman–Crippen MR) is 73.0 cm³/mol. The molecule has 1 aliphatic rings. The van der Waals surface area contributed by atoms with Crippen LogP contribution in [0.4, 0.5) is 5.69 Å². The van der Waals surface area contributed by atoms with E-state index in [1.165, 1.54) is 25.0 Å². The van der Waals surface area contributed by atoms with Crippen LogP contribution in [0.15, 0.2) is 24.3 Å². The van der Waals surface area contributed by atoms with Gasteiger partial charge in [-0.05, 0) is 56.0 Å². The second-order valence-corrected chi connectivity index (χ2v) is 4.98. The van der Waals surface area contributed by atoms with Crippen molar-refractivity contribution >= 4 is 5.69 Å². The number of hydrogen-bond acceptors (Lipinski definition) is 4. The zero-order valence-electron chi connectivity index (χ0n) is 11.0. The van der Waals surface area contributed by atoms with E-state index in [1.807, 2.05) is 0 Å². The average molecular weight is 264 g/mol. The van der Waals surface area contributed by atoms with E-state index in [-0.39, 0.29) is 10.6 Å². The molecule has 1 aromatic rings. The van der Waals surface area contributed by atoms with E-state index in [1.54, 1.807) is 12.1 Å². The van der Waals surface area contributed by atoms with Gasteiger partial charge in [-0.2, -0.15) is 0 Å². The molecule has 0 aliphatic carbocycles. The number of benzene rings is 1. The lowest BCUT2D eigenvalue weighted by molar-refractivity contribution is -0.384. The van der Waals surface area contributed by atoms with Crippen molar-refractivity contribution in [2.24, 2.45) is 5.92 Å². The maximum atomic E-state index is 10.5. The fourth-order valence-electron chi connectivity index (χ4n) is 2.32. The zero-order valence-corrected chi connectivity index (χ0v) is 11.0. The quantitative estimate of drug-likeness (QED) is 0.487. The molecule has 2 rings (SSSR count). The van der Waals surface area contributed by atoms with E-state index < -0.39 is 0 Å². The minimum Gasteiger partial charge on any atom is -0.377 e. The van der Waals surface area contributed by atoms with Crippen molar-refractivity contribution in [1.82, 2.24) is 5.32 Å². The third-order valence-corrected chi connectivity index (χ3v) is 3.49. The number of nitro groups is 1. The summed E-state index contributed by atoms with van der Waals surface area (Å²) in [5.41, 5.74) is 1.10. The molecule has 104 valence electrons. The summed E-state index contributed by atoms with van der Waals surface area (Å²) >= 11 is 0. The Kier molecular flexibility index (Phi) is 5.30. The van der Waals surface area contributed by atoms with Crippen molar-refractivity contribution in [3.8, 4) is 0 Å². The minimum atomic E-state index is -0.388. The summed E-state index contributed by atoms with van der Waals surface area (Å²) in [6.07, 6.45) is 3.63. The summed E-state index contributed by atoms with van der Waals surface area (Å²) in [5, 5.41) is 13.9. The van der Waals surface area contributed by atoms with Gasteiger partial charge in [0.15, 0.2) is 0 Å². The van der Waals surface area contributed by atoms with E-state index in [4.69, 9.17) is 4.74 Å². The summed E-state index contributed by atoms with van der Waals surface area (Å²) in [4.78, 5) is 10.1. The molecule has 0 saturated carbocycles. The lowest BCUT2D eigenvalue weighted by Gasteiger charge is -2.22. The third-order valence-electron chi connectivity index (χ3n) is 3.49. The SMILES string of the molecule is O=[N+]([O-])c1ccc(COCCC2CCCNC2)cc1. The van der Waals surface area contributed by atoms with Gasteiger partial charge in [-0.15, -0.1) is 0 Å². The van der Waals surface area contributed by atoms with Crippen molar-refractivity contribution in [2.45, 2.75) is 25.9 Å². The normalized spacial score (nSPS) is 19.3. The van der Waals surface area contributed by atoms with E-state index in [2.05, 4.69) is 5.32 Å². The largest absolute Gasteiger partial charge is 0.377 e. The van der Waals surface area contributed by atoms with E-state index in [0.29, 0.717) is 6.61 Å². The maximum absolute atomic E-state index is 10.5. The molecule has 5 heteroatoms. The Morgan fingerprint density at radius 2 is 2.16 bits per heavy atom. The van der Waals surface area contributed by atoms with Gasteiger partial charge in [0.2, 0.25) is 0 Å². The third kappa shape index (κ3) is 4.61. The Labute approximate surface area is 113 Å². The lowest BCUT2D eigenvalue weighted by atomic mass is 9.97. The molecule has 0 aromatic heterocycles. The van der Waals surface area contributed by atoms with Crippen LogP contribution in [0.5, 0.6) is 0 Å². The van der Waals surface area contributed by atoms with Crippen molar-refractivity contribution < 1.29 is 9.66 Å². The summed E-state index contributed by atoms with van der Waals surface area (Å²) in [5.74, 6) is 0.727. The number of rotatable bonds is 6. The number of nitro benzene ring substituents is 1. The summed E-state index contributed by atoms with van der Waals surface area (Å²) in [7, 11) is 0. The van der Waals surface area contributed by atoms with Crippen molar-refractivity contribution in [2.75, 3.05) is 19.7 Å². The van der Waals surface area contributed by atoms with Crippen LogP contribution in [0.3, 0.4) is 0 Å². The molecule has 1 unspecified atom stereocenters. The Hall–Kier alpha value is -1.46. The van der Waals surface area contributed by atoms with Gasteiger partial charge in [0.1, 0.15) is 0 Å². The summed E-state index contributed by atoms with van der Waals surface area (Å²) in [6, 6.07) is 6.54. The van der Waals surface area contributed by atoms with Gasteiger partial charge in [-0.3, -0.25) is 10.1 Å². The zero-order chi connectivity index (χ0) is 13.5. The first-order chi connectivity index (χ1) is 9.25. The molecule has 0 bridgehead atoms. The number of nitrogens with zero attached hydrogens (tertiary/aromatic N) is 1. The number of non-ortho nitro benzene ring substituents is 1. The second kappa shape index (κ2) is 7.21. The predicted octanol–water partition coefficient (Wildman–Crippen LogP) is 2.50. The molecule has 1 saturated heterocycles. The Bertz CT molecular complexity index is 400. The lowest BCUT2D eigenvalue weighted by Crippen LogP contribution is -2.30. The van der Waals surface area contributed by atoms with Crippen molar-refractivity contribution in [3.05, 3.63) is 39.9 Å². The van der Waals surface area contributed by atoms with Gasteiger partial charge in [0.25, 0.3) is 5.69 Å². The smallest absolute Gasteiger partial charge is 0.269 e. The number of hydrogen-bond donors (Lipinski definition) is 1. The monoisotopic (exact) mass is 264 g/mol. The van der Waals surface area contributed by atoms with Crippen molar-refractivity contribution in [1.29, 1.82) is 0 Å². The van der Waals surface area contributed by atoms with Crippen LogP contribution in [0.2, 0.25) is 0 Å². The van der Waals surface area contributed by atoms with Gasteiger partial charge in [0.05, 0.1) is 11.5 Å². The van der Waals surface area contributed by atoms with E-state index >= 15 is 0 Å². The molecular formula is C14H20N2O3. The highest BCUT2D eigenvalue weighted by molar-refractivity contribution is 5.32. The average Bonchev–Trinajstić information content (AvgIpc) is 2.45. The highest BCUT2D eigenvalue weighted by Gasteiger charge is 2.12. The standard InChI is InChI=1S/C14H20N2O3/c17-16(18)14-5-3-13(4-6-14)11-19-9-7-12-2-1-8-15-10-12/h3-6,12,15H,1-2,7-11H2. The van der Waals surface area contributed by atoms with Crippen LogP contribution in [-0.2, 0) is 11.3 Å². The van der Waals surface area contributed by atoms with Gasteiger partial charge >= 0.3 is 0 Å². The van der Waals surface area contributed by atoms with Gasteiger partial charge in [-0.25, -0.2) is 0 Å². The first-order valence-corrected chi connectivity index (χ1v) is 6.77. The number of ether oxygens (including phenoxy) is 1. The fourth-order valence-corrected chi connectivity index (χ4v) is 2.32. The molecule has 0 spiro atoms. The molecule has 1 N–H and O–H groups in total.